The van der Waals surface area contributed by atoms with E-state index in [-0.39, 0.29) is 6.09 Å². The SMILES string of the molecule is CCCCC/C=C\C/C=C\C/C=C\C/C=C\CCCCOC(=O)NC1CCC1. The first-order chi connectivity index (χ1) is 13.8. The molecule has 3 heteroatoms. The van der Waals surface area contributed by atoms with Gasteiger partial charge in [-0.05, 0) is 70.6 Å². The Morgan fingerprint density at radius 2 is 1.36 bits per heavy atom. The van der Waals surface area contributed by atoms with Crippen LogP contribution in [0.25, 0.3) is 0 Å². The van der Waals surface area contributed by atoms with Crippen LogP contribution >= 0.6 is 0 Å². The molecule has 0 bridgehead atoms. The lowest BCUT2D eigenvalue weighted by Crippen LogP contribution is -2.39. The molecule has 28 heavy (non-hydrogen) atoms. The second-order valence-electron chi connectivity index (χ2n) is 7.49. The van der Waals surface area contributed by atoms with Crippen LogP contribution < -0.4 is 5.32 Å². The summed E-state index contributed by atoms with van der Waals surface area (Å²) >= 11 is 0. The molecule has 1 aliphatic rings. The molecule has 0 heterocycles. The Hall–Kier alpha value is -1.77. The smallest absolute Gasteiger partial charge is 0.407 e. The van der Waals surface area contributed by atoms with Gasteiger partial charge >= 0.3 is 6.09 Å². The van der Waals surface area contributed by atoms with Crippen LogP contribution in [-0.4, -0.2) is 18.7 Å². The Morgan fingerprint density at radius 3 is 1.86 bits per heavy atom. The number of allylic oxidation sites excluding steroid dienone is 8. The summed E-state index contributed by atoms with van der Waals surface area (Å²) in [6.45, 7) is 2.76. The second kappa shape index (κ2) is 18.6. The summed E-state index contributed by atoms with van der Waals surface area (Å²) in [5.41, 5.74) is 0. The number of rotatable bonds is 16. The number of carbonyl (C=O) groups excluding carboxylic acids is 1. The minimum absolute atomic E-state index is 0.248. The highest BCUT2D eigenvalue weighted by atomic mass is 16.5. The van der Waals surface area contributed by atoms with E-state index in [1.807, 2.05) is 0 Å². The molecular weight excluding hydrogens is 346 g/mol. The highest BCUT2D eigenvalue weighted by molar-refractivity contribution is 5.67. The Morgan fingerprint density at radius 1 is 0.821 bits per heavy atom. The summed E-state index contributed by atoms with van der Waals surface area (Å²) < 4.78 is 5.18. The van der Waals surface area contributed by atoms with Gasteiger partial charge in [0.25, 0.3) is 0 Å². The van der Waals surface area contributed by atoms with Crippen molar-refractivity contribution in [1.29, 1.82) is 0 Å². The van der Waals surface area contributed by atoms with Gasteiger partial charge in [0.05, 0.1) is 6.61 Å². The van der Waals surface area contributed by atoms with Gasteiger partial charge < -0.3 is 10.1 Å². The quantitative estimate of drug-likeness (QED) is 0.221. The lowest BCUT2D eigenvalue weighted by atomic mass is 9.93. The van der Waals surface area contributed by atoms with E-state index in [2.05, 4.69) is 60.8 Å². The minimum Gasteiger partial charge on any atom is -0.450 e. The fourth-order valence-electron chi connectivity index (χ4n) is 2.85. The summed E-state index contributed by atoms with van der Waals surface area (Å²) in [5, 5.41) is 2.88. The lowest BCUT2D eigenvalue weighted by molar-refractivity contribution is 0.134. The van der Waals surface area contributed by atoms with Crippen molar-refractivity contribution < 1.29 is 9.53 Å². The molecule has 0 spiro atoms. The molecule has 0 radical (unpaired) electrons. The van der Waals surface area contributed by atoms with Crippen molar-refractivity contribution in [2.45, 2.75) is 96.4 Å². The molecule has 1 N–H and O–H groups in total. The van der Waals surface area contributed by atoms with E-state index in [0.717, 1.165) is 51.4 Å². The molecule has 158 valence electrons. The van der Waals surface area contributed by atoms with Gasteiger partial charge in [-0.2, -0.15) is 0 Å². The van der Waals surface area contributed by atoms with Crippen molar-refractivity contribution in [3.8, 4) is 0 Å². The van der Waals surface area contributed by atoms with Gasteiger partial charge in [0.15, 0.2) is 0 Å². The largest absolute Gasteiger partial charge is 0.450 e. The Balaban J connectivity index is 1.84. The van der Waals surface area contributed by atoms with Gasteiger partial charge in [0.1, 0.15) is 0 Å². The number of unbranched alkanes of at least 4 members (excludes halogenated alkanes) is 5. The molecule has 0 unspecified atom stereocenters. The van der Waals surface area contributed by atoms with Crippen LogP contribution in [0.5, 0.6) is 0 Å². The molecule has 1 aliphatic carbocycles. The molecule has 3 nitrogen and oxygen atoms in total. The van der Waals surface area contributed by atoms with E-state index in [0.29, 0.717) is 12.6 Å². The summed E-state index contributed by atoms with van der Waals surface area (Å²) in [5.74, 6) is 0. The fraction of sp³-hybridized carbons (Fsp3) is 0.640. The van der Waals surface area contributed by atoms with Crippen LogP contribution in [0.4, 0.5) is 4.79 Å². The van der Waals surface area contributed by atoms with Gasteiger partial charge in [0, 0.05) is 6.04 Å². The highest BCUT2D eigenvalue weighted by Crippen LogP contribution is 2.17. The first kappa shape index (κ1) is 24.3. The first-order valence-electron chi connectivity index (χ1n) is 11.4. The molecule has 1 saturated carbocycles. The molecule has 0 aromatic carbocycles. The Labute approximate surface area is 173 Å². The van der Waals surface area contributed by atoms with Crippen molar-refractivity contribution in [2.24, 2.45) is 0 Å². The minimum atomic E-state index is -0.248. The van der Waals surface area contributed by atoms with Crippen LogP contribution in [0, 0.1) is 0 Å². The van der Waals surface area contributed by atoms with Gasteiger partial charge in [-0.15, -0.1) is 0 Å². The van der Waals surface area contributed by atoms with Crippen LogP contribution in [0.3, 0.4) is 0 Å². The zero-order valence-corrected chi connectivity index (χ0v) is 17.9. The molecular formula is C25H41NO2. The van der Waals surface area contributed by atoms with Gasteiger partial charge in [-0.3, -0.25) is 0 Å². The molecule has 0 aliphatic heterocycles. The summed E-state index contributed by atoms with van der Waals surface area (Å²) in [4.78, 5) is 11.5. The van der Waals surface area contributed by atoms with E-state index in [4.69, 9.17) is 4.74 Å². The maximum atomic E-state index is 11.5. The van der Waals surface area contributed by atoms with Crippen molar-refractivity contribution in [3.05, 3.63) is 48.6 Å². The third-order valence-electron chi connectivity index (χ3n) is 4.88. The zero-order valence-electron chi connectivity index (χ0n) is 17.9. The number of alkyl carbamates (subject to hydrolysis) is 1. The average Bonchev–Trinajstić information content (AvgIpc) is 2.66. The van der Waals surface area contributed by atoms with Gasteiger partial charge in [0.2, 0.25) is 0 Å². The topological polar surface area (TPSA) is 38.3 Å². The third kappa shape index (κ3) is 15.3. The molecule has 0 aromatic rings. The molecule has 0 saturated heterocycles. The van der Waals surface area contributed by atoms with Crippen molar-refractivity contribution >= 4 is 6.09 Å². The van der Waals surface area contributed by atoms with Crippen LogP contribution in [0.2, 0.25) is 0 Å². The lowest BCUT2D eigenvalue weighted by Gasteiger charge is -2.25. The standard InChI is InChI=1S/C25H41NO2/c1-2-3-4-5-6-7-8-9-10-11-12-13-14-15-16-17-18-19-23-28-25(27)26-24-21-20-22-24/h6-7,9-10,12-13,15-16,24H,2-5,8,11,14,17-23H2,1H3,(H,26,27)/b7-6-,10-9-,13-12-,16-15-. The van der Waals surface area contributed by atoms with Crippen LogP contribution in [-0.2, 0) is 4.74 Å². The molecule has 1 amide bonds. The van der Waals surface area contributed by atoms with E-state index in [1.165, 1.54) is 32.1 Å². The summed E-state index contributed by atoms with van der Waals surface area (Å²) in [6, 6.07) is 0.358. The van der Waals surface area contributed by atoms with E-state index >= 15 is 0 Å². The first-order valence-corrected chi connectivity index (χ1v) is 11.4. The molecule has 0 aromatic heterocycles. The normalized spacial score (nSPS) is 15.2. The number of hydrogen-bond donors (Lipinski definition) is 1. The van der Waals surface area contributed by atoms with Crippen LogP contribution in [0.15, 0.2) is 48.6 Å². The number of ether oxygens (including phenoxy) is 1. The van der Waals surface area contributed by atoms with Gasteiger partial charge in [-0.25, -0.2) is 4.79 Å². The number of amides is 1. The van der Waals surface area contributed by atoms with Gasteiger partial charge in [-0.1, -0.05) is 68.4 Å². The van der Waals surface area contributed by atoms with E-state index < -0.39 is 0 Å². The number of hydrogen-bond acceptors (Lipinski definition) is 2. The molecule has 0 atom stereocenters. The molecule has 1 fully saturated rings. The molecule has 1 rings (SSSR count). The monoisotopic (exact) mass is 387 g/mol. The van der Waals surface area contributed by atoms with Crippen molar-refractivity contribution in [1.82, 2.24) is 5.32 Å². The predicted molar refractivity (Wildman–Crippen MR) is 121 cm³/mol. The third-order valence-corrected chi connectivity index (χ3v) is 4.88. The van der Waals surface area contributed by atoms with Crippen LogP contribution in [0.1, 0.15) is 90.4 Å². The number of nitrogens with one attached hydrogen (secondary N) is 1. The highest BCUT2D eigenvalue weighted by Gasteiger charge is 2.19. The van der Waals surface area contributed by atoms with Crippen molar-refractivity contribution in [3.63, 3.8) is 0 Å². The number of carbonyl (C=O) groups is 1. The van der Waals surface area contributed by atoms with E-state index in [9.17, 15) is 4.79 Å². The predicted octanol–water partition coefficient (Wildman–Crippen LogP) is 7.41. The maximum absolute atomic E-state index is 11.5. The Kier molecular flexibility index (Phi) is 16.1. The zero-order chi connectivity index (χ0) is 20.1. The summed E-state index contributed by atoms with van der Waals surface area (Å²) in [6.07, 6.45) is 32.3. The maximum Gasteiger partial charge on any atom is 0.407 e. The van der Waals surface area contributed by atoms with Crippen molar-refractivity contribution in [2.75, 3.05) is 6.61 Å². The Bertz CT molecular complexity index is 487. The average molecular weight is 388 g/mol. The fourth-order valence-corrected chi connectivity index (χ4v) is 2.85. The summed E-state index contributed by atoms with van der Waals surface area (Å²) in [7, 11) is 0. The second-order valence-corrected chi connectivity index (χ2v) is 7.49. The van der Waals surface area contributed by atoms with E-state index in [1.54, 1.807) is 0 Å².